The van der Waals surface area contributed by atoms with Crippen molar-refractivity contribution < 1.29 is 28.7 Å². The molecule has 1 aliphatic carbocycles. The van der Waals surface area contributed by atoms with Gasteiger partial charge in [0, 0.05) is 18.7 Å². The molecule has 0 bridgehead atoms. The second-order valence-corrected chi connectivity index (χ2v) is 3.92. The fourth-order valence-electron chi connectivity index (χ4n) is 1.64. The number of rotatable bonds is 4. The second-order valence-electron chi connectivity index (χ2n) is 3.92. The van der Waals surface area contributed by atoms with Crippen LogP contribution in [0.5, 0.6) is 0 Å². The highest BCUT2D eigenvalue weighted by Gasteiger charge is 2.32. The van der Waals surface area contributed by atoms with Gasteiger partial charge in [-0.3, -0.25) is 28.9 Å². The fraction of sp³-hybridized carbons (Fsp3) is 0.250. The summed E-state index contributed by atoms with van der Waals surface area (Å²) >= 11 is 0. The first-order valence-electron chi connectivity index (χ1n) is 5.48. The largest absolute Gasteiger partial charge is 0.445 e. The van der Waals surface area contributed by atoms with Crippen LogP contribution >= 0.6 is 0 Å². The second kappa shape index (κ2) is 4.97. The van der Waals surface area contributed by atoms with Crippen LogP contribution in [0.4, 0.5) is 0 Å². The molecule has 0 atom stereocenters. The Kier molecular flexibility index (Phi) is 3.37. The Morgan fingerprint density at radius 2 is 1.53 bits per heavy atom. The van der Waals surface area contributed by atoms with Gasteiger partial charge in [0.15, 0.2) is 0 Å². The van der Waals surface area contributed by atoms with Crippen molar-refractivity contribution in [3.8, 4) is 0 Å². The third-order valence-electron chi connectivity index (χ3n) is 2.62. The Morgan fingerprint density at radius 3 is 2.05 bits per heavy atom. The van der Waals surface area contributed by atoms with Crippen LogP contribution in [0, 0.1) is 0 Å². The van der Waals surface area contributed by atoms with Gasteiger partial charge in [0.1, 0.15) is 0 Å². The molecule has 0 spiro atoms. The van der Waals surface area contributed by atoms with Gasteiger partial charge < -0.3 is 4.74 Å². The van der Waals surface area contributed by atoms with Crippen molar-refractivity contribution in [3.05, 3.63) is 24.3 Å². The molecule has 0 aromatic heterocycles. The quantitative estimate of drug-likeness (QED) is 0.363. The lowest BCUT2D eigenvalue weighted by atomic mass is 10.2. The molecule has 0 saturated carbocycles. The first kappa shape index (κ1) is 12.9. The third kappa shape index (κ3) is 2.65. The maximum Gasteiger partial charge on any atom is 0.308 e. The van der Waals surface area contributed by atoms with E-state index in [1.165, 1.54) is 0 Å². The Morgan fingerprint density at radius 1 is 1.00 bits per heavy atom. The number of esters is 1. The summed E-state index contributed by atoms with van der Waals surface area (Å²) in [5.74, 6) is -3.01. The summed E-state index contributed by atoms with van der Waals surface area (Å²) in [6.45, 7) is -0.147. The number of hydrogen-bond acceptors (Lipinski definition) is 6. The van der Waals surface area contributed by atoms with Crippen LogP contribution < -0.4 is 0 Å². The molecule has 2 rings (SSSR count). The van der Waals surface area contributed by atoms with E-state index >= 15 is 0 Å². The van der Waals surface area contributed by atoms with E-state index in [-0.39, 0.29) is 13.0 Å². The lowest BCUT2D eigenvalue weighted by Gasteiger charge is -2.14. The molecule has 0 unspecified atom stereocenters. The molecule has 7 nitrogen and oxygen atoms in total. The molecule has 0 N–H and O–H groups in total. The van der Waals surface area contributed by atoms with E-state index in [9.17, 15) is 24.0 Å². The standard InChI is InChI=1S/C12H9NO6/c14-7-1-2-8(15)12(7)19-11(18)5-6-13-9(16)3-4-10(13)17/h1-4,12H,5-6H2. The van der Waals surface area contributed by atoms with E-state index in [1.807, 2.05) is 0 Å². The van der Waals surface area contributed by atoms with Gasteiger partial charge >= 0.3 is 5.97 Å². The minimum absolute atomic E-state index is 0.147. The number of carbonyl (C=O) groups excluding carboxylic acids is 5. The molecule has 19 heavy (non-hydrogen) atoms. The van der Waals surface area contributed by atoms with Crippen LogP contribution in [0.3, 0.4) is 0 Å². The smallest absolute Gasteiger partial charge is 0.308 e. The highest BCUT2D eigenvalue weighted by atomic mass is 16.5. The van der Waals surface area contributed by atoms with E-state index < -0.39 is 35.5 Å². The van der Waals surface area contributed by atoms with Gasteiger partial charge in [0.2, 0.25) is 17.7 Å². The number of imide groups is 1. The number of hydrogen-bond donors (Lipinski definition) is 0. The van der Waals surface area contributed by atoms with E-state index in [2.05, 4.69) is 0 Å². The maximum atomic E-state index is 11.4. The topological polar surface area (TPSA) is 97.8 Å². The number of ether oxygens (including phenoxy) is 1. The van der Waals surface area contributed by atoms with Gasteiger partial charge in [-0.2, -0.15) is 0 Å². The van der Waals surface area contributed by atoms with Gasteiger partial charge in [0.05, 0.1) is 6.42 Å². The zero-order chi connectivity index (χ0) is 14.0. The molecule has 0 saturated heterocycles. The summed E-state index contributed by atoms with van der Waals surface area (Å²) in [4.78, 5) is 57.0. The van der Waals surface area contributed by atoms with Crippen molar-refractivity contribution in [1.29, 1.82) is 0 Å². The summed E-state index contributed by atoms with van der Waals surface area (Å²) in [5.41, 5.74) is 0. The molecule has 1 aliphatic heterocycles. The lowest BCUT2D eigenvalue weighted by Crippen LogP contribution is -2.34. The number of ketones is 2. The van der Waals surface area contributed by atoms with E-state index in [1.54, 1.807) is 0 Å². The average Bonchev–Trinajstić information content (AvgIpc) is 2.84. The summed E-state index contributed by atoms with van der Waals surface area (Å²) < 4.78 is 4.70. The van der Waals surface area contributed by atoms with Crippen molar-refractivity contribution in [3.63, 3.8) is 0 Å². The van der Waals surface area contributed by atoms with E-state index in [0.717, 1.165) is 29.2 Å². The molecule has 2 aliphatic rings. The highest BCUT2D eigenvalue weighted by Crippen LogP contribution is 2.09. The summed E-state index contributed by atoms with van der Waals surface area (Å²) in [5, 5.41) is 0. The molecule has 0 aromatic rings. The van der Waals surface area contributed by atoms with Gasteiger partial charge in [-0.15, -0.1) is 0 Å². The van der Waals surface area contributed by atoms with E-state index in [4.69, 9.17) is 4.74 Å². The molecule has 98 valence electrons. The van der Waals surface area contributed by atoms with Crippen LogP contribution in [0.15, 0.2) is 24.3 Å². The Balaban J connectivity index is 1.83. The normalized spacial score (nSPS) is 18.8. The van der Waals surface area contributed by atoms with E-state index in [0.29, 0.717) is 0 Å². The van der Waals surface area contributed by atoms with Crippen molar-refractivity contribution in [1.82, 2.24) is 4.90 Å². The fourth-order valence-corrected chi connectivity index (χ4v) is 1.64. The molecular formula is C12H9NO6. The Labute approximate surface area is 107 Å². The van der Waals surface area contributed by atoms with Crippen LogP contribution in [-0.2, 0) is 28.7 Å². The third-order valence-corrected chi connectivity index (χ3v) is 2.62. The van der Waals surface area contributed by atoms with Crippen LogP contribution in [0.1, 0.15) is 6.42 Å². The Bertz CT molecular complexity index is 508. The summed E-state index contributed by atoms with van der Waals surface area (Å²) in [7, 11) is 0. The zero-order valence-corrected chi connectivity index (χ0v) is 9.70. The van der Waals surface area contributed by atoms with Crippen LogP contribution in [0.25, 0.3) is 0 Å². The summed E-state index contributed by atoms with van der Waals surface area (Å²) in [6.07, 6.45) is 2.59. The SMILES string of the molecule is O=C(CCN1C(=O)C=CC1=O)OC1C(=O)C=CC1=O. The van der Waals surface area contributed by atoms with Gasteiger partial charge in [-0.25, -0.2) is 0 Å². The first-order valence-corrected chi connectivity index (χ1v) is 5.48. The van der Waals surface area contributed by atoms with Crippen molar-refractivity contribution >= 4 is 29.4 Å². The first-order chi connectivity index (χ1) is 8.99. The minimum atomic E-state index is -1.42. The predicted octanol–water partition coefficient (Wildman–Crippen LogP) is -1.08. The monoisotopic (exact) mass is 263 g/mol. The number of nitrogens with zero attached hydrogens (tertiary/aromatic N) is 1. The van der Waals surface area contributed by atoms with Gasteiger partial charge in [-0.1, -0.05) is 0 Å². The molecule has 0 aromatic carbocycles. The minimum Gasteiger partial charge on any atom is -0.445 e. The van der Waals surface area contributed by atoms with Crippen LogP contribution in [-0.4, -0.2) is 46.9 Å². The molecule has 1 heterocycles. The van der Waals surface area contributed by atoms with Crippen LogP contribution in [0.2, 0.25) is 0 Å². The number of carbonyl (C=O) groups is 5. The number of amides is 2. The predicted molar refractivity (Wildman–Crippen MR) is 59.5 cm³/mol. The lowest BCUT2D eigenvalue weighted by molar-refractivity contribution is -0.157. The molecular weight excluding hydrogens is 254 g/mol. The average molecular weight is 263 g/mol. The maximum absolute atomic E-state index is 11.4. The van der Waals surface area contributed by atoms with Gasteiger partial charge in [-0.05, 0) is 12.2 Å². The van der Waals surface area contributed by atoms with Gasteiger partial charge in [0.25, 0.3) is 11.8 Å². The molecule has 0 radical (unpaired) electrons. The van der Waals surface area contributed by atoms with Crippen molar-refractivity contribution in [2.75, 3.05) is 6.54 Å². The Hall–Kier alpha value is -2.57. The summed E-state index contributed by atoms with van der Waals surface area (Å²) in [6, 6.07) is 0. The molecule has 7 heteroatoms. The molecule has 0 fully saturated rings. The van der Waals surface area contributed by atoms with Crippen molar-refractivity contribution in [2.45, 2.75) is 12.5 Å². The zero-order valence-electron chi connectivity index (χ0n) is 9.70. The highest BCUT2D eigenvalue weighted by molar-refractivity contribution is 6.21. The van der Waals surface area contributed by atoms with Crippen molar-refractivity contribution in [2.24, 2.45) is 0 Å². The molecule has 2 amide bonds.